The van der Waals surface area contributed by atoms with Crippen molar-refractivity contribution < 1.29 is 9.59 Å². The fourth-order valence-electron chi connectivity index (χ4n) is 3.47. The third kappa shape index (κ3) is 3.37. The van der Waals surface area contributed by atoms with Crippen LogP contribution in [0.15, 0.2) is 24.5 Å². The lowest BCUT2D eigenvalue weighted by atomic mass is 10.0. The van der Waals surface area contributed by atoms with Crippen molar-refractivity contribution in [3.63, 3.8) is 0 Å². The Hall–Kier alpha value is -1.95. The van der Waals surface area contributed by atoms with Crippen LogP contribution in [-0.2, 0) is 4.79 Å². The van der Waals surface area contributed by atoms with Crippen LogP contribution >= 0.6 is 0 Å². The van der Waals surface area contributed by atoms with Crippen molar-refractivity contribution in [1.29, 1.82) is 0 Å². The van der Waals surface area contributed by atoms with E-state index in [0.717, 1.165) is 24.9 Å². The Bertz CT molecular complexity index is 575. The molecule has 2 unspecified atom stereocenters. The first-order chi connectivity index (χ1) is 11.1. The van der Waals surface area contributed by atoms with Crippen LogP contribution in [0.2, 0.25) is 0 Å². The van der Waals surface area contributed by atoms with Crippen LogP contribution in [0, 0.1) is 5.92 Å². The van der Waals surface area contributed by atoms with Gasteiger partial charge in [-0.1, -0.05) is 19.9 Å². The first kappa shape index (κ1) is 15.9. The van der Waals surface area contributed by atoms with Gasteiger partial charge in [0.1, 0.15) is 6.04 Å². The molecule has 0 bridgehead atoms. The molecule has 6 nitrogen and oxygen atoms in total. The van der Waals surface area contributed by atoms with E-state index in [0.29, 0.717) is 19.0 Å². The fraction of sp³-hybridized carbons (Fsp3) is 0.588. The van der Waals surface area contributed by atoms with E-state index >= 15 is 0 Å². The van der Waals surface area contributed by atoms with Gasteiger partial charge in [0.05, 0.1) is 6.67 Å². The lowest BCUT2D eigenvalue weighted by Gasteiger charge is -2.27. The van der Waals surface area contributed by atoms with Gasteiger partial charge >= 0.3 is 6.03 Å². The molecule has 0 aliphatic carbocycles. The first-order valence-electron chi connectivity index (χ1n) is 8.32. The Morgan fingerprint density at radius 2 is 2.22 bits per heavy atom. The number of nitrogens with zero attached hydrogens (tertiary/aromatic N) is 3. The molecule has 1 aromatic heterocycles. The largest absolute Gasteiger partial charge is 0.326 e. The highest BCUT2D eigenvalue weighted by Gasteiger charge is 2.40. The van der Waals surface area contributed by atoms with Crippen molar-refractivity contribution in [2.24, 2.45) is 5.92 Å². The van der Waals surface area contributed by atoms with Crippen LogP contribution in [0.4, 0.5) is 4.79 Å². The minimum atomic E-state index is -0.373. The SMILES string of the molecule is CC(C)CC1NC(=O)N(CN2CCCC2c2cccnc2)C1=O. The van der Waals surface area contributed by atoms with Gasteiger partial charge in [0.2, 0.25) is 0 Å². The van der Waals surface area contributed by atoms with Crippen molar-refractivity contribution in [3.05, 3.63) is 30.1 Å². The molecular formula is C17H24N4O2. The zero-order chi connectivity index (χ0) is 16.4. The average molecular weight is 316 g/mol. The topological polar surface area (TPSA) is 65.5 Å². The van der Waals surface area contributed by atoms with E-state index in [1.807, 2.05) is 12.3 Å². The third-order valence-electron chi connectivity index (χ3n) is 4.57. The predicted molar refractivity (Wildman–Crippen MR) is 86.4 cm³/mol. The number of nitrogens with one attached hydrogen (secondary N) is 1. The van der Waals surface area contributed by atoms with Crippen molar-refractivity contribution in [1.82, 2.24) is 20.1 Å². The van der Waals surface area contributed by atoms with Gasteiger partial charge in [-0.25, -0.2) is 9.69 Å². The summed E-state index contributed by atoms with van der Waals surface area (Å²) in [5, 5.41) is 2.81. The van der Waals surface area contributed by atoms with Crippen molar-refractivity contribution in [3.8, 4) is 0 Å². The van der Waals surface area contributed by atoms with Crippen LogP contribution in [0.1, 0.15) is 44.7 Å². The standard InChI is InChI=1S/C17H24N4O2/c1-12(2)9-14-16(22)21(17(23)19-14)11-20-8-4-6-15(20)13-5-3-7-18-10-13/h3,5,7,10,12,14-15H,4,6,8-9,11H2,1-2H3,(H,19,23). The summed E-state index contributed by atoms with van der Waals surface area (Å²) in [5.74, 6) is 0.277. The number of urea groups is 1. The summed E-state index contributed by atoms with van der Waals surface area (Å²) < 4.78 is 0. The molecule has 124 valence electrons. The van der Waals surface area contributed by atoms with Gasteiger partial charge < -0.3 is 5.32 Å². The minimum absolute atomic E-state index is 0.0967. The number of aromatic nitrogens is 1. The second-order valence-electron chi connectivity index (χ2n) is 6.80. The summed E-state index contributed by atoms with van der Waals surface area (Å²) in [7, 11) is 0. The van der Waals surface area contributed by atoms with Crippen LogP contribution in [0.25, 0.3) is 0 Å². The maximum atomic E-state index is 12.5. The molecule has 0 radical (unpaired) electrons. The van der Waals surface area contributed by atoms with Gasteiger partial charge in [-0.2, -0.15) is 0 Å². The molecule has 0 aromatic carbocycles. The summed E-state index contributed by atoms with van der Waals surface area (Å²) in [6, 6.07) is 3.58. The van der Waals surface area contributed by atoms with Crippen LogP contribution in [0.5, 0.6) is 0 Å². The molecule has 2 saturated heterocycles. The molecule has 0 spiro atoms. The number of imide groups is 1. The quantitative estimate of drug-likeness (QED) is 0.845. The molecule has 1 N–H and O–H groups in total. The Kier molecular flexibility index (Phi) is 4.61. The van der Waals surface area contributed by atoms with Crippen molar-refractivity contribution in [2.75, 3.05) is 13.2 Å². The second kappa shape index (κ2) is 6.66. The molecule has 2 atom stereocenters. The molecule has 3 amide bonds. The Labute approximate surface area is 136 Å². The molecular weight excluding hydrogens is 292 g/mol. The first-order valence-corrected chi connectivity index (χ1v) is 8.32. The van der Waals surface area contributed by atoms with E-state index in [9.17, 15) is 9.59 Å². The molecule has 2 aliphatic heterocycles. The van der Waals surface area contributed by atoms with Crippen LogP contribution in [0.3, 0.4) is 0 Å². The van der Waals surface area contributed by atoms with E-state index in [4.69, 9.17) is 0 Å². The molecule has 0 saturated carbocycles. The summed E-state index contributed by atoms with van der Waals surface area (Å²) >= 11 is 0. The number of carbonyl (C=O) groups excluding carboxylic acids is 2. The average Bonchev–Trinajstić information content (AvgIpc) is 3.08. The van der Waals surface area contributed by atoms with E-state index in [1.54, 1.807) is 6.20 Å². The third-order valence-corrected chi connectivity index (χ3v) is 4.57. The molecule has 23 heavy (non-hydrogen) atoms. The van der Waals surface area contributed by atoms with Gasteiger partial charge in [-0.15, -0.1) is 0 Å². The van der Waals surface area contributed by atoms with Crippen molar-refractivity contribution in [2.45, 2.75) is 45.2 Å². The number of rotatable bonds is 5. The Morgan fingerprint density at radius 3 is 2.91 bits per heavy atom. The zero-order valence-corrected chi connectivity index (χ0v) is 13.7. The van der Waals surface area contributed by atoms with Gasteiger partial charge in [0, 0.05) is 25.0 Å². The smallest absolute Gasteiger partial charge is 0.325 e. The second-order valence-corrected chi connectivity index (χ2v) is 6.80. The van der Waals surface area contributed by atoms with Crippen molar-refractivity contribution >= 4 is 11.9 Å². The number of amides is 3. The number of carbonyl (C=O) groups is 2. The molecule has 2 fully saturated rings. The van der Waals surface area contributed by atoms with Crippen LogP contribution in [-0.4, -0.2) is 46.0 Å². The van der Waals surface area contributed by atoms with E-state index in [2.05, 4.69) is 35.1 Å². The molecule has 3 heterocycles. The number of hydrogen-bond acceptors (Lipinski definition) is 4. The molecule has 2 aliphatic rings. The Balaban J connectivity index is 1.69. The fourth-order valence-corrected chi connectivity index (χ4v) is 3.47. The van der Waals surface area contributed by atoms with Gasteiger partial charge in [-0.05, 0) is 36.8 Å². The van der Waals surface area contributed by atoms with Gasteiger partial charge in [0.25, 0.3) is 5.91 Å². The molecule has 6 heteroatoms. The maximum absolute atomic E-state index is 12.5. The highest BCUT2D eigenvalue weighted by Crippen LogP contribution is 2.31. The number of likely N-dealkylation sites (tertiary alicyclic amines) is 1. The summed E-state index contributed by atoms with van der Waals surface area (Å²) in [6.45, 7) is 5.37. The minimum Gasteiger partial charge on any atom is -0.326 e. The molecule has 1 aromatic rings. The van der Waals surface area contributed by atoms with Crippen LogP contribution < -0.4 is 5.32 Å². The number of hydrogen-bond donors (Lipinski definition) is 1. The predicted octanol–water partition coefficient (Wildman–Crippen LogP) is 2.14. The lowest BCUT2D eigenvalue weighted by Crippen LogP contribution is -2.41. The van der Waals surface area contributed by atoms with Gasteiger partial charge in [-0.3, -0.25) is 14.7 Å². The monoisotopic (exact) mass is 316 g/mol. The molecule has 3 rings (SSSR count). The summed E-state index contributed by atoms with van der Waals surface area (Å²) in [5.41, 5.74) is 1.15. The number of pyridine rings is 1. The highest BCUT2D eigenvalue weighted by atomic mass is 16.2. The lowest BCUT2D eigenvalue weighted by molar-refractivity contribution is -0.129. The van der Waals surface area contributed by atoms with E-state index < -0.39 is 0 Å². The summed E-state index contributed by atoms with van der Waals surface area (Å²) in [4.78, 5) is 32.4. The zero-order valence-electron chi connectivity index (χ0n) is 13.7. The Morgan fingerprint density at radius 1 is 1.39 bits per heavy atom. The van der Waals surface area contributed by atoms with E-state index in [1.165, 1.54) is 4.90 Å². The summed E-state index contributed by atoms with van der Waals surface area (Å²) in [6.07, 6.45) is 6.42. The highest BCUT2D eigenvalue weighted by molar-refractivity contribution is 6.04. The normalized spacial score (nSPS) is 25.4. The van der Waals surface area contributed by atoms with Gasteiger partial charge in [0.15, 0.2) is 0 Å². The van der Waals surface area contributed by atoms with E-state index in [-0.39, 0.29) is 24.0 Å². The maximum Gasteiger partial charge on any atom is 0.325 e.